The molecule has 10 heteroatoms. The normalized spacial score (nSPS) is 12.9. The van der Waals surface area contributed by atoms with Crippen LogP contribution in [0.1, 0.15) is 62.2 Å². The standard InChI is InChI=1S/C27H27Cl2FN2O4S/c1-6-36-23(27(3,4)5)17-9-7-8-16(22(17)30)21-13-37-26(31-21)32-24(33)15-11-19(28)18(20(29)12-15)10-14(2)25(34)35/h7-13,23H,6H2,1-5H3,(H,34,35)(H,31,32,33). The fraction of sp³-hybridized carbons (Fsp3) is 0.296. The maximum atomic E-state index is 15.6. The van der Waals surface area contributed by atoms with Crippen LogP contribution in [0.15, 0.2) is 41.3 Å². The van der Waals surface area contributed by atoms with Crippen LogP contribution in [0.25, 0.3) is 17.3 Å². The molecule has 0 bridgehead atoms. The number of hydrogen-bond donors (Lipinski definition) is 2. The topological polar surface area (TPSA) is 88.5 Å². The van der Waals surface area contributed by atoms with Gasteiger partial charge in [0.2, 0.25) is 0 Å². The average molecular weight is 565 g/mol. The Labute approximate surface area is 229 Å². The Balaban J connectivity index is 1.86. The first-order valence-corrected chi connectivity index (χ1v) is 13.0. The molecule has 0 saturated heterocycles. The molecule has 0 fully saturated rings. The largest absolute Gasteiger partial charge is 0.478 e. The van der Waals surface area contributed by atoms with Crippen molar-refractivity contribution in [3.63, 3.8) is 0 Å². The van der Waals surface area contributed by atoms with E-state index < -0.39 is 23.8 Å². The van der Waals surface area contributed by atoms with Crippen molar-refractivity contribution in [2.75, 3.05) is 11.9 Å². The van der Waals surface area contributed by atoms with Crippen LogP contribution in [0.3, 0.4) is 0 Å². The number of amides is 1. The first-order valence-electron chi connectivity index (χ1n) is 11.4. The number of carboxylic acids is 1. The number of nitrogens with zero attached hydrogens (tertiary/aromatic N) is 1. The Kier molecular flexibility index (Phi) is 9.13. The second-order valence-corrected chi connectivity index (χ2v) is 11.1. The van der Waals surface area contributed by atoms with Crippen LogP contribution >= 0.6 is 34.5 Å². The van der Waals surface area contributed by atoms with E-state index >= 15 is 4.39 Å². The smallest absolute Gasteiger partial charge is 0.331 e. The molecule has 6 nitrogen and oxygen atoms in total. The Hall–Kier alpha value is -2.78. The number of rotatable bonds is 8. The van der Waals surface area contributed by atoms with Crippen molar-refractivity contribution in [2.45, 2.75) is 40.7 Å². The molecule has 0 aliphatic heterocycles. The van der Waals surface area contributed by atoms with E-state index in [1.165, 1.54) is 25.1 Å². The third-order valence-electron chi connectivity index (χ3n) is 5.47. The second-order valence-electron chi connectivity index (χ2n) is 9.39. The molecule has 1 aromatic heterocycles. The first-order chi connectivity index (χ1) is 17.3. The number of nitrogens with one attached hydrogen (secondary N) is 1. The molecule has 1 heterocycles. The number of aromatic nitrogens is 1. The summed E-state index contributed by atoms with van der Waals surface area (Å²) in [5, 5.41) is 13.9. The number of aliphatic carboxylic acids is 1. The highest BCUT2D eigenvalue weighted by atomic mass is 35.5. The zero-order valence-corrected chi connectivity index (χ0v) is 23.3. The van der Waals surface area contributed by atoms with E-state index in [0.717, 1.165) is 11.3 Å². The van der Waals surface area contributed by atoms with Crippen molar-refractivity contribution in [2.24, 2.45) is 5.41 Å². The molecule has 0 radical (unpaired) electrons. The Morgan fingerprint density at radius 1 is 1.24 bits per heavy atom. The van der Waals surface area contributed by atoms with E-state index in [1.54, 1.807) is 23.6 Å². The summed E-state index contributed by atoms with van der Waals surface area (Å²) in [7, 11) is 0. The molecule has 1 unspecified atom stereocenters. The van der Waals surface area contributed by atoms with Crippen LogP contribution in [0, 0.1) is 11.2 Å². The fourth-order valence-electron chi connectivity index (χ4n) is 3.68. The molecule has 2 aromatic carbocycles. The van der Waals surface area contributed by atoms with Gasteiger partial charge >= 0.3 is 5.97 Å². The summed E-state index contributed by atoms with van der Waals surface area (Å²) in [6.07, 6.45) is 0.891. The zero-order valence-electron chi connectivity index (χ0n) is 21.0. The summed E-state index contributed by atoms with van der Waals surface area (Å²) < 4.78 is 21.5. The highest BCUT2D eigenvalue weighted by Gasteiger charge is 2.30. The lowest BCUT2D eigenvalue weighted by Gasteiger charge is -2.31. The first kappa shape index (κ1) is 28.8. The van der Waals surface area contributed by atoms with Gasteiger partial charge in [-0.25, -0.2) is 14.2 Å². The summed E-state index contributed by atoms with van der Waals surface area (Å²) >= 11 is 13.7. The number of anilines is 1. The Morgan fingerprint density at radius 2 is 1.89 bits per heavy atom. The van der Waals surface area contributed by atoms with Crippen molar-refractivity contribution in [3.8, 4) is 11.3 Å². The van der Waals surface area contributed by atoms with E-state index in [-0.39, 0.29) is 31.7 Å². The van der Waals surface area contributed by atoms with Gasteiger partial charge in [-0.1, -0.05) is 56.1 Å². The molecule has 3 aromatic rings. The number of hydrogen-bond acceptors (Lipinski definition) is 5. The summed E-state index contributed by atoms with van der Waals surface area (Å²) in [4.78, 5) is 28.3. The molecule has 0 aliphatic carbocycles. The predicted molar refractivity (Wildman–Crippen MR) is 147 cm³/mol. The van der Waals surface area contributed by atoms with Crippen molar-refractivity contribution >= 4 is 57.6 Å². The second kappa shape index (κ2) is 11.7. The summed E-state index contributed by atoms with van der Waals surface area (Å²) in [5.74, 6) is -2.05. The molecule has 0 aliphatic rings. The maximum Gasteiger partial charge on any atom is 0.331 e. The van der Waals surface area contributed by atoms with E-state index in [4.69, 9.17) is 33.0 Å². The molecule has 1 amide bonds. The average Bonchev–Trinajstić information content (AvgIpc) is 3.27. The predicted octanol–water partition coefficient (Wildman–Crippen LogP) is 8.12. The highest BCUT2D eigenvalue weighted by molar-refractivity contribution is 7.14. The minimum atomic E-state index is -1.11. The lowest BCUT2D eigenvalue weighted by Crippen LogP contribution is -2.22. The molecule has 0 spiro atoms. The van der Waals surface area contributed by atoms with Gasteiger partial charge in [-0.15, -0.1) is 11.3 Å². The van der Waals surface area contributed by atoms with Crippen molar-refractivity contribution in [1.29, 1.82) is 0 Å². The van der Waals surface area contributed by atoms with E-state index in [0.29, 0.717) is 29.0 Å². The van der Waals surface area contributed by atoms with Crippen molar-refractivity contribution < 1.29 is 23.8 Å². The van der Waals surface area contributed by atoms with Gasteiger partial charge in [0, 0.05) is 39.8 Å². The number of carboxylic acid groups (broad SMARTS) is 1. The molecule has 37 heavy (non-hydrogen) atoms. The van der Waals surface area contributed by atoms with Gasteiger partial charge in [-0.05, 0) is 43.5 Å². The van der Waals surface area contributed by atoms with Gasteiger partial charge < -0.3 is 9.84 Å². The van der Waals surface area contributed by atoms with Crippen LogP contribution in [0.2, 0.25) is 10.0 Å². The van der Waals surface area contributed by atoms with Crippen molar-refractivity contribution in [1.82, 2.24) is 4.98 Å². The molecule has 0 saturated carbocycles. The zero-order chi connectivity index (χ0) is 27.5. The molecule has 196 valence electrons. The number of halogens is 3. The van der Waals surface area contributed by atoms with E-state index in [1.807, 2.05) is 27.7 Å². The molecule has 3 rings (SSSR count). The van der Waals surface area contributed by atoms with Crippen LogP contribution in [-0.2, 0) is 9.53 Å². The molecular weight excluding hydrogens is 538 g/mol. The Bertz CT molecular complexity index is 1340. The van der Waals surface area contributed by atoms with Gasteiger partial charge in [0.1, 0.15) is 5.82 Å². The number of benzene rings is 2. The third kappa shape index (κ3) is 6.76. The summed E-state index contributed by atoms with van der Waals surface area (Å²) in [5.41, 5.74) is 1.31. The van der Waals surface area contributed by atoms with E-state index in [9.17, 15) is 9.59 Å². The summed E-state index contributed by atoms with van der Waals surface area (Å²) in [6.45, 7) is 9.70. The van der Waals surface area contributed by atoms with Crippen LogP contribution in [0.5, 0.6) is 0 Å². The number of ether oxygens (including phenoxy) is 1. The quantitative estimate of drug-likeness (QED) is 0.269. The summed E-state index contributed by atoms with van der Waals surface area (Å²) in [6, 6.07) is 7.89. The van der Waals surface area contributed by atoms with Crippen molar-refractivity contribution in [3.05, 3.63) is 73.8 Å². The maximum absolute atomic E-state index is 15.6. The van der Waals surface area contributed by atoms with Gasteiger partial charge in [0.25, 0.3) is 5.91 Å². The van der Waals surface area contributed by atoms with Crippen LogP contribution in [-0.4, -0.2) is 28.6 Å². The minimum absolute atomic E-state index is 0.0442. The molecule has 2 N–H and O–H groups in total. The lowest BCUT2D eigenvalue weighted by atomic mass is 9.83. The van der Waals surface area contributed by atoms with Crippen LogP contribution in [0.4, 0.5) is 9.52 Å². The van der Waals surface area contributed by atoms with Gasteiger partial charge in [0.05, 0.1) is 21.8 Å². The highest BCUT2D eigenvalue weighted by Crippen LogP contribution is 2.40. The third-order valence-corrected chi connectivity index (χ3v) is 6.85. The Morgan fingerprint density at radius 3 is 2.46 bits per heavy atom. The van der Waals surface area contributed by atoms with Gasteiger partial charge in [-0.3, -0.25) is 10.1 Å². The molecular formula is C27H27Cl2FN2O4S. The minimum Gasteiger partial charge on any atom is -0.478 e. The monoisotopic (exact) mass is 564 g/mol. The van der Waals surface area contributed by atoms with Gasteiger partial charge in [0.15, 0.2) is 5.13 Å². The number of carbonyl (C=O) groups excluding carboxylic acids is 1. The van der Waals surface area contributed by atoms with Gasteiger partial charge in [-0.2, -0.15) is 0 Å². The number of carbonyl (C=O) groups is 2. The molecule has 1 atom stereocenters. The SMILES string of the molecule is CCOC(c1cccc(-c2csc(NC(=O)c3cc(Cl)c(C=C(C)C(=O)O)c(Cl)c3)n2)c1F)C(C)(C)C. The van der Waals surface area contributed by atoms with Crippen LogP contribution < -0.4 is 5.32 Å². The lowest BCUT2D eigenvalue weighted by molar-refractivity contribution is -0.132. The van der Waals surface area contributed by atoms with E-state index in [2.05, 4.69) is 10.3 Å². The fourth-order valence-corrected chi connectivity index (χ4v) is 4.98. The number of thiazole rings is 1.